The van der Waals surface area contributed by atoms with E-state index >= 15 is 0 Å². The molecule has 21 heavy (non-hydrogen) atoms. The molecule has 3 atom stereocenters. The number of benzene rings is 1. The molecule has 1 aliphatic carbocycles. The third-order valence-electron chi connectivity index (χ3n) is 4.32. The molecule has 1 heterocycles. The van der Waals surface area contributed by atoms with E-state index < -0.39 is 0 Å². The fraction of sp³-hybridized carbons (Fsp3) is 0.389. The Balaban J connectivity index is 1.73. The van der Waals surface area contributed by atoms with Crippen molar-refractivity contribution < 1.29 is 9.53 Å². The van der Waals surface area contributed by atoms with E-state index in [1.54, 1.807) is 0 Å². The molecule has 2 aliphatic rings. The van der Waals surface area contributed by atoms with Crippen molar-refractivity contribution in [3.8, 4) is 0 Å². The predicted octanol–water partition coefficient (Wildman–Crippen LogP) is 3.50. The number of fused-ring (bicyclic) bond motifs is 1. The zero-order valence-corrected chi connectivity index (χ0v) is 12.5. The SMILES string of the molecule is CC1=C(C(=O)N[C@H](C)c2ccccc2)C2CCC=CC2O1. The minimum atomic E-state index is -0.00261. The number of allylic oxidation sites excluding steroid dienone is 2. The van der Waals surface area contributed by atoms with Crippen molar-refractivity contribution in [1.82, 2.24) is 5.32 Å². The van der Waals surface area contributed by atoms with Crippen LogP contribution in [-0.2, 0) is 9.53 Å². The zero-order valence-electron chi connectivity index (χ0n) is 12.5. The standard InChI is InChI=1S/C18H21NO2/c1-12(14-8-4-3-5-9-14)19-18(20)17-13(2)21-16-11-7-6-10-15(16)17/h3-5,7-9,11-12,15-16H,6,10H2,1-2H3,(H,19,20)/t12-,15?,16?/m1/s1. The van der Waals surface area contributed by atoms with Gasteiger partial charge >= 0.3 is 0 Å². The Bertz CT molecular complexity index is 588. The number of rotatable bonds is 3. The first-order chi connectivity index (χ1) is 10.2. The molecule has 0 spiro atoms. The van der Waals surface area contributed by atoms with Crippen LogP contribution < -0.4 is 5.32 Å². The fourth-order valence-electron chi connectivity index (χ4n) is 3.19. The third kappa shape index (κ3) is 2.73. The normalized spacial score (nSPS) is 25.2. The molecular formula is C18H21NO2. The van der Waals surface area contributed by atoms with Gasteiger partial charge in [0.05, 0.1) is 11.6 Å². The lowest BCUT2D eigenvalue weighted by atomic mass is 9.86. The molecule has 1 amide bonds. The third-order valence-corrected chi connectivity index (χ3v) is 4.32. The summed E-state index contributed by atoms with van der Waals surface area (Å²) in [7, 11) is 0. The monoisotopic (exact) mass is 283 g/mol. The molecule has 0 saturated carbocycles. The molecule has 0 bridgehead atoms. The van der Waals surface area contributed by atoms with Gasteiger partial charge in [-0.15, -0.1) is 0 Å². The molecule has 3 nitrogen and oxygen atoms in total. The van der Waals surface area contributed by atoms with Gasteiger partial charge < -0.3 is 10.1 Å². The average molecular weight is 283 g/mol. The van der Waals surface area contributed by atoms with Gasteiger partial charge in [-0.25, -0.2) is 0 Å². The Hall–Kier alpha value is -2.03. The van der Waals surface area contributed by atoms with Gasteiger partial charge in [-0.2, -0.15) is 0 Å². The fourth-order valence-corrected chi connectivity index (χ4v) is 3.19. The molecule has 3 heteroatoms. The van der Waals surface area contributed by atoms with Crippen LogP contribution in [0.1, 0.15) is 38.3 Å². The van der Waals surface area contributed by atoms with Crippen LogP contribution in [0.4, 0.5) is 0 Å². The summed E-state index contributed by atoms with van der Waals surface area (Å²) in [6.07, 6.45) is 6.27. The number of hydrogen-bond donors (Lipinski definition) is 1. The molecule has 110 valence electrons. The lowest BCUT2D eigenvalue weighted by molar-refractivity contribution is -0.118. The summed E-state index contributed by atoms with van der Waals surface area (Å²) in [5.74, 6) is 0.985. The van der Waals surface area contributed by atoms with Gasteiger partial charge in [0, 0.05) is 5.92 Å². The van der Waals surface area contributed by atoms with Crippen LogP contribution in [-0.4, -0.2) is 12.0 Å². The van der Waals surface area contributed by atoms with Crippen LogP contribution >= 0.6 is 0 Å². The number of carbonyl (C=O) groups excluding carboxylic acids is 1. The molecule has 1 aromatic rings. The highest BCUT2D eigenvalue weighted by Gasteiger charge is 2.38. The molecule has 1 N–H and O–H groups in total. The van der Waals surface area contributed by atoms with Gasteiger partial charge in [-0.05, 0) is 38.3 Å². The number of amides is 1. The van der Waals surface area contributed by atoms with Gasteiger partial charge in [0.15, 0.2) is 0 Å². The zero-order chi connectivity index (χ0) is 14.8. The first kappa shape index (κ1) is 13.9. The summed E-state index contributed by atoms with van der Waals surface area (Å²) < 4.78 is 5.82. The number of ether oxygens (including phenoxy) is 1. The van der Waals surface area contributed by atoms with Crippen molar-refractivity contribution >= 4 is 5.91 Å². The molecular weight excluding hydrogens is 262 g/mol. The topological polar surface area (TPSA) is 38.3 Å². The Morgan fingerprint density at radius 3 is 2.86 bits per heavy atom. The van der Waals surface area contributed by atoms with Crippen LogP contribution in [0.15, 0.2) is 53.8 Å². The molecule has 1 aliphatic heterocycles. The Morgan fingerprint density at radius 1 is 1.33 bits per heavy atom. The van der Waals surface area contributed by atoms with Gasteiger partial charge in [0.1, 0.15) is 11.9 Å². The maximum absolute atomic E-state index is 12.6. The van der Waals surface area contributed by atoms with Crippen molar-refractivity contribution in [1.29, 1.82) is 0 Å². The summed E-state index contributed by atoms with van der Waals surface area (Å²) in [4.78, 5) is 12.6. The van der Waals surface area contributed by atoms with E-state index in [1.807, 2.05) is 44.2 Å². The molecule has 0 fully saturated rings. The second-order valence-corrected chi connectivity index (χ2v) is 5.77. The van der Waals surface area contributed by atoms with Gasteiger partial charge in [-0.3, -0.25) is 4.79 Å². The highest BCUT2D eigenvalue weighted by atomic mass is 16.5. The second-order valence-electron chi connectivity index (χ2n) is 5.77. The van der Waals surface area contributed by atoms with E-state index in [4.69, 9.17) is 4.74 Å². The van der Waals surface area contributed by atoms with Gasteiger partial charge in [0.25, 0.3) is 5.91 Å². The first-order valence-electron chi connectivity index (χ1n) is 7.56. The molecule has 0 saturated heterocycles. The van der Waals surface area contributed by atoms with E-state index in [2.05, 4.69) is 17.5 Å². The van der Waals surface area contributed by atoms with Crippen molar-refractivity contribution in [2.75, 3.05) is 0 Å². The van der Waals surface area contributed by atoms with E-state index in [1.165, 1.54) is 0 Å². The largest absolute Gasteiger partial charge is 0.490 e. The number of carbonyl (C=O) groups is 1. The molecule has 1 aromatic carbocycles. The quantitative estimate of drug-likeness (QED) is 0.862. The molecule has 0 aromatic heterocycles. The van der Waals surface area contributed by atoms with E-state index in [9.17, 15) is 4.79 Å². The van der Waals surface area contributed by atoms with E-state index in [0.717, 1.165) is 29.7 Å². The lowest BCUT2D eigenvalue weighted by Gasteiger charge is -2.22. The minimum absolute atomic E-state index is 0.00261. The highest BCUT2D eigenvalue weighted by molar-refractivity contribution is 5.95. The summed E-state index contributed by atoms with van der Waals surface area (Å²) in [6.45, 7) is 3.91. The smallest absolute Gasteiger partial charge is 0.251 e. The second kappa shape index (κ2) is 5.76. The van der Waals surface area contributed by atoms with Gasteiger partial charge in [0.2, 0.25) is 0 Å². The summed E-state index contributed by atoms with van der Waals surface area (Å²) in [6, 6.07) is 10.0. The lowest BCUT2D eigenvalue weighted by Crippen LogP contribution is -2.32. The molecule has 2 unspecified atom stereocenters. The van der Waals surface area contributed by atoms with E-state index in [-0.39, 0.29) is 24.0 Å². The summed E-state index contributed by atoms with van der Waals surface area (Å²) in [5, 5.41) is 3.10. The van der Waals surface area contributed by atoms with Crippen molar-refractivity contribution in [2.45, 2.75) is 38.8 Å². The van der Waals surface area contributed by atoms with Crippen LogP contribution in [0.3, 0.4) is 0 Å². The number of nitrogens with one attached hydrogen (secondary N) is 1. The van der Waals surface area contributed by atoms with Crippen molar-refractivity contribution in [2.24, 2.45) is 5.92 Å². The number of hydrogen-bond acceptors (Lipinski definition) is 2. The predicted molar refractivity (Wildman–Crippen MR) is 82.4 cm³/mol. The van der Waals surface area contributed by atoms with E-state index in [0.29, 0.717) is 0 Å². The maximum Gasteiger partial charge on any atom is 0.251 e. The van der Waals surface area contributed by atoms with Crippen LogP contribution in [0.25, 0.3) is 0 Å². The first-order valence-corrected chi connectivity index (χ1v) is 7.56. The minimum Gasteiger partial charge on any atom is -0.490 e. The summed E-state index contributed by atoms with van der Waals surface area (Å²) in [5.41, 5.74) is 1.94. The molecule has 3 rings (SSSR count). The Morgan fingerprint density at radius 2 is 2.10 bits per heavy atom. The Labute approximate surface area is 125 Å². The summed E-state index contributed by atoms with van der Waals surface area (Å²) >= 11 is 0. The average Bonchev–Trinajstić information content (AvgIpc) is 2.83. The van der Waals surface area contributed by atoms with Gasteiger partial charge in [-0.1, -0.05) is 36.4 Å². The van der Waals surface area contributed by atoms with Crippen LogP contribution in [0, 0.1) is 5.92 Å². The highest BCUT2D eigenvalue weighted by Crippen LogP contribution is 2.37. The van der Waals surface area contributed by atoms with Crippen molar-refractivity contribution in [3.05, 3.63) is 59.4 Å². The molecule has 0 radical (unpaired) electrons. The van der Waals surface area contributed by atoms with Crippen molar-refractivity contribution in [3.63, 3.8) is 0 Å². The van der Waals surface area contributed by atoms with Crippen LogP contribution in [0.5, 0.6) is 0 Å². The van der Waals surface area contributed by atoms with Crippen LogP contribution in [0.2, 0.25) is 0 Å². The Kier molecular flexibility index (Phi) is 3.82. The maximum atomic E-state index is 12.6.